The van der Waals surface area contributed by atoms with Crippen LogP contribution in [-0.2, 0) is 11.4 Å². The highest BCUT2D eigenvalue weighted by molar-refractivity contribution is 7.74. The van der Waals surface area contributed by atoms with Crippen molar-refractivity contribution in [2.45, 2.75) is 0 Å². The largest absolute Gasteiger partial charge is 0.740 e. The van der Waals surface area contributed by atoms with Crippen molar-refractivity contribution >= 4 is 22.9 Å². The maximum absolute atomic E-state index is 11.0. The number of ether oxygens (including phenoxy) is 4. The first-order chi connectivity index (χ1) is 14.0. The summed E-state index contributed by atoms with van der Waals surface area (Å²) >= 11 is -1.46. The zero-order chi connectivity index (χ0) is 21.0. The monoisotopic (exact) mass is 436 g/mol. The van der Waals surface area contributed by atoms with Crippen LogP contribution in [0.5, 0.6) is 28.7 Å². The van der Waals surface area contributed by atoms with Gasteiger partial charge in [0.05, 0.1) is 34.1 Å². The molecule has 0 aliphatic carbocycles. The average Bonchev–Trinajstić information content (AvgIpc) is 3.22. The molecule has 0 saturated heterocycles. The van der Waals surface area contributed by atoms with Crippen molar-refractivity contribution in [3.63, 3.8) is 0 Å². The second-order valence-electron chi connectivity index (χ2n) is 5.64. The van der Waals surface area contributed by atoms with Gasteiger partial charge in [-0.15, -0.1) is 0 Å². The van der Waals surface area contributed by atoms with Crippen molar-refractivity contribution < 1.29 is 31.9 Å². The van der Waals surface area contributed by atoms with Crippen molar-refractivity contribution in [2.75, 3.05) is 28.4 Å². The van der Waals surface area contributed by atoms with Gasteiger partial charge in [-0.1, -0.05) is 6.07 Å². The summed E-state index contributed by atoms with van der Waals surface area (Å²) in [6.07, 6.45) is 0. The molecular weight excluding hydrogens is 418 g/mol. The minimum atomic E-state index is -2.73. The van der Waals surface area contributed by atoms with Crippen LogP contribution in [0.2, 0.25) is 0 Å². The van der Waals surface area contributed by atoms with E-state index in [4.69, 9.17) is 23.1 Å². The van der Waals surface area contributed by atoms with E-state index in [0.717, 1.165) is 11.1 Å². The first-order valence-corrected chi connectivity index (χ1v) is 10.1. The second-order valence-corrected chi connectivity index (χ2v) is 6.85. The van der Waals surface area contributed by atoms with E-state index in [-0.39, 0.29) is 5.75 Å². The molecule has 0 amide bonds. The van der Waals surface area contributed by atoms with Crippen LogP contribution < -0.4 is 23.1 Å². The highest BCUT2D eigenvalue weighted by Gasteiger charge is 2.19. The van der Waals surface area contributed by atoms with E-state index >= 15 is 0 Å². The quantitative estimate of drug-likeness (QED) is 0.493. The fourth-order valence-corrected chi connectivity index (χ4v) is 3.84. The van der Waals surface area contributed by atoms with Crippen LogP contribution in [0.25, 0.3) is 22.4 Å². The Labute approximate surface area is 174 Å². The van der Waals surface area contributed by atoms with E-state index in [1.165, 1.54) is 25.8 Å². The number of benzene rings is 2. The van der Waals surface area contributed by atoms with Gasteiger partial charge in [-0.25, -0.2) is 4.21 Å². The third kappa shape index (κ3) is 4.29. The molecule has 0 bridgehead atoms. The summed E-state index contributed by atoms with van der Waals surface area (Å²) in [4.78, 5) is 0. The van der Waals surface area contributed by atoms with E-state index in [1.54, 1.807) is 44.6 Å². The number of hydrogen-bond donors (Lipinski definition) is 0. The first kappa shape index (κ1) is 20.9. The van der Waals surface area contributed by atoms with Crippen molar-refractivity contribution in [3.05, 3.63) is 35.7 Å². The molecule has 0 aliphatic heterocycles. The molecule has 1 atom stereocenters. The van der Waals surface area contributed by atoms with Gasteiger partial charge < -0.3 is 27.7 Å². The molecular formula is C19H18NO7S2-. The molecule has 0 N–H and O–H groups in total. The Morgan fingerprint density at radius 1 is 0.862 bits per heavy atom. The van der Waals surface area contributed by atoms with Crippen LogP contribution in [0.1, 0.15) is 0 Å². The number of hydrogen-bond acceptors (Lipinski definition) is 9. The van der Waals surface area contributed by atoms with E-state index in [1.807, 2.05) is 5.38 Å². The fraction of sp³-hybridized carbons (Fsp3) is 0.211. The molecule has 0 radical (unpaired) electrons. The fourth-order valence-electron chi connectivity index (χ4n) is 2.85. The minimum absolute atomic E-state index is 0.0837. The lowest BCUT2D eigenvalue weighted by Gasteiger charge is -2.15. The Morgan fingerprint density at radius 3 is 2.03 bits per heavy atom. The van der Waals surface area contributed by atoms with Crippen LogP contribution in [0.3, 0.4) is 0 Å². The molecule has 154 valence electrons. The number of nitrogens with zero attached hydrogens (tertiary/aromatic N) is 1. The Morgan fingerprint density at radius 2 is 1.48 bits per heavy atom. The highest BCUT2D eigenvalue weighted by atomic mass is 32.2. The van der Waals surface area contributed by atoms with Gasteiger partial charge >= 0.3 is 0 Å². The minimum Gasteiger partial charge on any atom is -0.740 e. The van der Waals surface area contributed by atoms with Crippen molar-refractivity contribution in [2.24, 2.45) is 0 Å². The molecule has 29 heavy (non-hydrogen) atoms. The van der Waals surface area contributed by atoms with Crippen LogP contribution >= 0.6 is 11.5 Å². The summed E-state index contributed by atoms with van der Waals surface area (Å²) < 4.78 is 52.7. The zero-order valence-corrected chi connectivity index (χ0v) is 17.7. The summed E-state index contributed by atoms with van der Waals surface area (Å²) in [5.41, 5.74) is 2.92. The van der Waals surface area contributed by atoms with Gasteiger partial charge in [-0.05, 0) is 41.4 Å². The van der Waals surface area contributed by atoms with Crippen LogP contribution in [-0.4, -0.2) is 41.6 Å². The molecule has 10 heteroatoms. The smallest absolute Gasteiger partial charge is 0.203 e. The van der Waals surface area contributed by atoms with E-state index in [2.05, 4.69) is 4.37 Å². The van der Waals surface area contributed by atoms with Crippen LogP contribution in [0, 0.1) is 0 Å². The Kier molecular flexibility index (Phi) is 6.57. The van der Waals surface area contributed by atoms with Crippen LogP contribution in [0.4, 0.5) is 0 Å². The molecule has 0 saturated carbocycles. The van der Waals surface area contributed by atoms with E-state index in [0.29, 0.717) is 34.3 Å². The molecule has 3 aromatic rings. The SMILES string of the molecule is COc1ccc(-c2csnc2-c2cc(OC)c(OC)c(OC)c2)cc1OS(=O)[O-]. The molecule has 1 heterocycles. The van der Waals surface area contributed by atoms with Gasteiger partial charge in [0.25, 0.3) is 0 Å². The van der Waals surface area contributed by atoms with Gasteiger partial charge in [0.1, 0.15) is 11.4 Å². The lowest BCUT2D eigenvalue weighted by Crippen LogP contribution is -2.00. The summed E-state index contributed by atoms with van der Waals surface area (Å²) in [6, 6.07) is 8.61. The summed E-state index contributed by atoms with van der Waals surface area (Å²) in [7, 11) is 6.05. The molecule has 1 unspecified atom stereocenters. The second kappa shape index (κ2) is 9.12. The van der Waals surface area contributed by atoms with Crippen molar-refractivity contribution in [3.8, 4) is 51.1 Å². The maximum Gasteiger partial charge on any atom is 0.203 e. The van der Waals surface area contributed by atoms with Crippen molar-refractivity contribution in [1.29, 1.82) is 0 Å². The molecule has 3 rings (SSSR count). The summed E-state index contributed by atoms with van der Waals surface area (Å²) in [5, 5.41) is 1.86. The topological polar surface area (TPSA) is 99.2 Å². The number of methoxy groups -OCH3 is 4. The van der Waals surface area contributed by atoms with Gasteiger partial charge in [-0.3, -0.25) is 0 Å². The third-order valence-electron chi connectivity index (χ3n) is 4.14. The van der Waals surface area contributed by atoms with E-state index < -0.39 is 11.4 Å². The average molecular weight is 436 g/mol. The molecule has 0 fully saturated rings. The van der Waals surface area contributed by atoms with Crippen molar-refractivity contribution in [1.82, 2.24) is 4.37 Å². The lowest BCUT2D eigenvalue weighted by atomic mass is 10.0. The number of rotatable bonds is 8. The summed E-state index contributed by atoms with van der Waals surface area (Å²) in [6.45, 7) is 0. The Bertz CT molecular complexity index is 1010. The lowest BCUT2D eigenvalue weighted by molar-refractivity contribution is 0.324. The van der Waals surface area contributed by atoms with E-state index in [9.17, 15) is 8.76 Å². The first-order valence-electron chi connectivity index (χ1n) is 8.23. The predicted molar refractivity (Wildman–Crippen MR) is 109 cm³/mol. The zero-order valence-electron chi connectivity index (χ0n) is 16.1. The molecule has 0 aliphatic rings. The normalized spacial score (nSPS) is 11.6. The van der Waals surface area contributed by atoms with Crippen LogP contribution in [0.15, 0.2) is 35.7 Å². The molecule has 8 nitrogen and oxygen atoms in total. The molecule has 1 aromatic heterocycles. The standard InChI is InChI=1S/C19H19NO7S2/c1-23-14-6-5-11(7-15(14)27-29(21)22)13-10-28-20-18(13)12-8-16(24-2)19(26-4)17(9-12)25-3/h5-10H,1-4H3,(H,21,22)/p-1. The van der Waals surface area contributed by atoms with Gasteiger partial charge in [-0.2, -0.15) is 4.37 Å². The maximum atomic E-state index is 11.0. The third-order valence-corrected chi connectivity index (χ3v) is 5.09. The van der Waals surface area contributed by atoms with Gasteiger partial charge in [0.2, 0.25) is 5.75 Å². The van der Waals surface area contributed by atoms with Gasteiger partial charge in [0, 0.05) is 16.5 Å². The van der Waals surface area contributed by atoms with Gasteiger partial charge in [0.15, 0.2) is 23.0 Å². The number of aromatic nitrogens is 1. The Hall–Kier alpha value is -2.82. The highest BCUT2D eigenvalue weighted by Crippen LogP contribution is 2.44. The molecule has 2 aromatic carbocycles. The predicted octanol–water partition coefficient (Wildman–Crippen LogP) is 3.68. The summed E-state index contributed by atoms with van der Waals surface area (Å²) in [5.74, 6) is 1.87. The molecule has 0 spiro atoms. The Balaban J connectivity index is 2.12.